The van der Waals surface area contributed by atoms with Gasteiger partial charge in [-0.15, -0.1) is 0 Å². The predicted molar refractivity (Wildman–Crippen MR) is 104 cm³/mol. The number of carbonyl (C=O) groups excluding carboxylic acids is 2. The summed E-state index contributed by atoms with van der Waals surface area (Å²) in [7, 11) is 1.30. The average Bonchev–Trinajstić information content (AvgIpc) is 2.65. The van der Waals surface area contributed by atoms with Gasteiger partial charge in [-0.3, -0.25) is 4.79 Å². The molecule has 0 saturated heterocycles. The molecule has 144 valence electrons. The van der Waals surface area contributed by atoms with Crippen LogP contribution in [0.25, 0.3) is 0 Å². The number of methoxy groups -OCH3 is 1. The maximum atomic E-state index is 13.0. The third-order valence-electron chi connectivity index (χ3n) is 4.22. The highest BCUT2D eigenvalue weighted by atomic mass is 16.5. The lowest BCUT2D eigenvalue weighted by atomic mass is 9.84. The van der Waals surface area contributed by atoms with Crippen LogP contribution in [-0.4, -0.2) is 30.7 Å². The summed E-state index contributed by atoms with van der Waals surface area (Å²) in [5.41, 5.74) is -0.969. The number of ether oxygens (including phenoxy) is 2. The fourth-order valence-electron chi connectivity index (χ4n) is 3.06. The Morgan fingerprint density at radius 3 is 1.93 bits per heavy atom. The maximum Gasteiger partial charge on any atom is 0.339 e. The molecule has 2 unspecified atom stereocenters. The van der Waals surface area contributed by atoms with Gasteiger partial charge in [0.25, 0.3) is 5.91 Å². The van der Waals surface area contributed by atoms with Crippen LogP contribution < -0.4 is 5.32 Å². The van der Waals surface area contributed by atoms with Gasteiger partial charge in [0.1, 0.15) is 0 Å². The molecule has 0 aromatic heterocycles. The molecule has 0 heterocycles. The smallest absolute Gasteiger partial charge is 0.339 e. The first kappa shape index (κ1) is 20.6. The topological polar surface area (TPSA) is 64.6 Å². The van der Waals surface area contributed by atoms with Crippen LogP contribution in [0.4, 0.5) is 0 Å². The van der Waals surface area contributed by atoms with Crippen molar-refractivity contribution < 1.29 is 19.1 Å². The van der Waals surface area contributed by atoms with Gasteiger partial charge in [-0.1, -0.05) is 48.5 Å². The second-order valence-corrected chi connectivity index (χ2v) is 7.36. The van der Waals surface area contributed by atoms with E-state index in [1.807, 2.05) is 45.0 Å². The van der Waals surface area contributed by atoms with Gasteiger partial charge in [0.15, 0.2) is 5.54 Å². The first-order valence-electron chi connectivity index (χ1n) is 8.90. The minimum Gasteiger partial charge on any atom is -0.467 e. The second-order valence-electron chi connectivity index (χ2n) is 7.36. The molecule has 0 bridgehead atoms. The van der Waals surface area contributed by atoms with Crippen molar-refractivity contribution in [3.05, 3.63) is 71.8 Å². The van der Waals surface area contributed by atoms with Gasteiger partial charge >= 0.3 is 5.97 Å². The molecule has 5 nitrogen and oxygen atoms in total. The Kier molecular flexibility index (Phi) is 6.39. The van der Waals surface area contributed by atoms with Crippen LogP contribution in [0.15, 0.2) is 60.7 Å². The van der Waals surface area contributed by atoms with Crippen LogP contribution in [0, 0.1) is 0 Å². The molecule has 0 aliphatic heterocycles. The molecule has 2 rings (SSSR count). The van der Waals surface area contributed by atoms with Gasteiger partial charge in [0.05, 0.1) is 18.8 Å². The van der Waals surface area contributed by atoms with Crippen molar-refractivity contribution in [3.63, 3.8) is 0 Å². The Morgan fingerprint density at radius 2 is 1.44 bits per heavy atom. The Morgan fingerprint density at radius 1 is 0.926 bits per heavy atom. The molecule has 0 fully saturated rings. The number of esters is 1. The van der Waals surface area contributed by atoms with Crippen molar-refractivity contribution in [3.8, 4) is 0 Å². The normalized spacial score (nSPS) is 14.7. The molecule has 0 saturated carbocycles. The van der Waals surface area contributed by atoms with Gasteiger partial charge in [0, 0.05) is 5.56 Å². The van der Waals surface area contributed by atoms with Crippen molar-refractivity contribution in [1.29, 1.82) is 0 Å². The van der Waals surface area contributed by atoms with E-state index in [1.54, 1.807) is 43.3 Å². The second kappa shape index (κ2) is 8.35. The summed E-state index contributed by atoms with van der Waals surface area (Å²) in [5.74, 6) is -0.969. The molecule has 5 heteroatoms. The zero-order valence-electron chi connectivity index (χ0n) is 16.5. The van der Waals surface area contributed by atoms with E-state index in [2.05, 4.69) is 5.32 Å². The molecule has 1 N–H and O–H groups in total. The average molecular weight is 369 g/mol. The Balaban J connectivity index is 2.57. The number of rotatable bonds is 6. The zero-order chi connectivity index (χ0) is 20.1. The maximum absolute atomic E-state index is 13.0. The number of benzene rings is 2. The Hall–Kier alpha value is -2.66. The number of amides is 1. The van der Waals surface area contributed by atoms with E-state index in [4.69, 9.17) is 9.47 Å². The van der Waals surface area contributed by atoms with Crippen LogP contribution >= 0.6 is 0 Å². The lowest BCUT2D eigenvalue weighted by molar-refractivity contribution is -0.162. The molecule has 0 spiro atoms. The van der Waals surface area contributed by atoms with Crippen molar-refractivity contribution in [2.75, 3.05) is 7.11 Å². The van der Waals surface area contributed by atoms with E-state index in [9.17, 15) is 9.59 Å². The molecule has 0 aliphatic carbocycles. The minimum absolute atomic E-state index is 0.380. The van der Waals surface area contributed by atoms with Gasteiger partial charge in [-0.25, -0.2) is 4.79 Å². The quantitative estimate of drug-likeness (QED) is 0.789. The fraction of sp³-hybridized carbons (Fsp3) is 0.364. The molecule has 2 aromatic rings. The van der Waals surface area contributed by atoms with Gasteiger partial charge in [-0.05, 0) is 45.4 Å². The Bertz CT molecular complexity index is 768. The van der Waals surface area contributed by atoms with Crippen LogP contribution in [-0.2, 0) is 19.8 Å². The number of hydrogen-bond acceptors (Lipinski definition) is 4. The number of hydrogen-bond donors (Lipinski definition) is 1. The first-order valence-corrected chi connectivity index (χ1v) is 8.90. The predicted octanol–water partition coefficient (Wildman–Crippen LogP) is 3.69. The van der Waals surface area contributed by atoms with Crippen molar-refractivity contribution in [1.82, 2.24) is 5.32 Å². The lowest BCUT2D eigenvalue weighted by Gasteiger charge is -2.40. The largest absolute Gasteiger partial charge is 0.467 e. The molecular weight excluding hydrogens is 342 g/mol. The van der Waals surface area contributed by atoms with Crippen LogP contribution in [0.3, 0.4) is 0 Å². The first-order chi connectivity index (χ1) is 12.7. The van der Waals surface area contributed by atoms with Crippen molar-refractivity contribution in [2.24, 2.45) is 0 Å². The molecule has 0 aliphatic rings. The SMILES string of the molecule is COC(=O)C(NC(=O)c1ccccc1)(c1ccccc1)C(C)OC(C)(C)C. The highest BCUT2D eigenvalue weighted by Crippen LogP contribution is 2.32. The molecular formula is C22H27NO4. The van der Waals surface area contributed by atoms with Gasteiger partial charge < -0.3 is 14.8 Å². The molecule has 27 heavy (non-hydrogen) atoms. The van der Waals surface area contributed by atoms with E-state index < -0.39 is 23.2 Å². The molecule has 1 amide bonds. The van der Waals surface area contributed by atoms with E-state index in [0.717, 1.165) is 0 Å². The monoisotopic (exact) mass is 369 g/mol. The van der Waals surface area contributed by atoms with E-state index in [0.29, 0.717) is 11.1 Å². The zero-order valence-corrected chi connectivity index (χ0v) is 16.5. The van der Waals surface area contributed by atoms with E-state index in [-0.39, 0.29) is 5.91 Å². The molecule has 2 atom stereocenters. The van der Waals surface area contributed by atoms with E-state index in [1.165, 1.54) is 7.11 Å². The van der Waals surface area contributed by atoms with Crippen LogP contribution in [0.1, 0.15) is 43.6 Å². The third-order valence-corrected chi connectivity index (χ3v) is 4.22. The van der Waals surface area contributed by atoms with Crippen LogP contribution in [0.2, 0.25) is 0 Å². The van der Waals surface area contributed by atoms with E-state index >= 15 is 0 Å². The molecule has 2 aromatic carbocycles. The highest BCUT2D eigenvalue weighted by Gasteiger charge is 2.50. The minimum atomic E-state index is -1.49. The number of nitrogens with one attached hydrogen (secondary N) is 1. The number of carbonyl (C=O) groups is 2. The standard InChI is InChI=1S/C22H27NO4/c1-16(27-21(2,3)4)22(20(25)26-5,18-14-10-7-11-15-18)23-19(24)17-12-8-6-9-13-17/h6-16H,1-5H3,(H,23,24). The summed E-state index contributed by atoms with van der Waals surface area (Å²) in [5, 5.41) is 2.90. The summed E-state index contributed by atoms with van der Waals surface area (Å²) in [6, 6.07) is 17.8. The summed E-state index contributed by atoms with van der Waals surface area (Å²) < 4.78 is 11.2. The van der Waals surface area contributed by atoms with Crippen molar-refractivity contribution in [2.45, 2.75) is 44.9 Å². The lowest BCUT2D eigenvalue weighted by Crippen LogP contribution is -2.60. The molecule has 0 radical (unpaired) electrons. The van der Waals surface area contributed by atoms with Gasteiger partial charge in [-0.2, -0.15) is 0 Å². The highest BCUT2D eigenvalue weighted by molar-refractivity contribution is 5.98. The summed E-state index contributed by atoms with van der Waals surface area (Å²) in [6.45, 7) is 7.46. The summed E-state index contributed by atoms with van der Waals surface area (Å²) in [4.78, 5) is 26.0. The summed E-state index contributed by atoms with van der Waals surface area (Å²) in [6.07, 6.45) is -0.681. The van der Waals surface area contributed by atoms with Crippen molar-refractivity contribution >= 4 is 11.9 Å². The Labute approximate surface area is 160 Å². The fourth-order valence-corrected chi connectivity index (χ4v) is 3.06. The van der Waals surface area contributed by atoms with Gasteiger partial charge in [0.2, 0.25) is 0 Å². The third kappa shape index (κ3) is 4.74. The summed E-state index contributed by atoms with van der Waals surface area (Å²) >= 11 is 0. The van der Waals surface area contributed by atoms with Crippen LogP contribution in [0.5, 0.6) is 0 Å².